The van der Waals surface area contributed by atoms with E-state index in [0.29, 0.717) is 42.1 Å². The van der Waals surface area contributed by atoms with Crippen molar-refractivity contribution >= 4 is 17.6 Å². The van der Waals surface area contributed by atoms with Crippen molar-refractivity contribution in [3.05, 3.63) is 119 Å². The number of halogens is 1. The van der Waals surface area contributed by atoms with Gasteiger partial charge < -0.3 is 20.1 Å². The van der Waals surface area contributed by atoms with E-state index in [-0.39, 0.29) is 23.3 Å². The third-order valence-electron chi connectivity index (χ3n) is 6.67. The lowest BCUT2D eigenvalue weighted by molar-refractivity contribution is 0.0697. The molecule has 5 rings (SSSR count). The number of carboxylic acids is 1. The van der Waals surface area contributed by atoms with Gasteiger partial charge in [0.25, 0.3) is 5.91 Å². The van der Waals surface area contributed by atoms with Gasteiger partial charge in [-0.25, -0.2) is 9.18 Å². The van der Waals surface area contributed by atoms with Crippen LogP contribution in [0.25, 0.3) is 11.1 Å². The first-order valence-electron chi connectivity index (χ1n) is 12.4. The number of carbonyl (C=O) groups excluding carboxylic acids is 1. The number of rotatable bonds is 7. The number of anilines is 1. The zero-order valence-electron chi connectivity index (χ0n) is 20.9. The first-order chi connectivity index (χ1) is 18.4. The summed E-state index contributed by atoms with van der Waals surface area (Å²) in [4.78, 5) is 26.6. The average molecular weight is 511 g/mol. The van der Waals surface area contributed by atoms with Crippen LogP contribution in [0.5, 0.6) is 5.75 Å². The topological polar surface area (TPSA) is 78.9 Å². The van der Waals surface area contributed by atoms with E-state index in [1.165, 1.54) is 12.1 Å². The Bertz CT molecular complexity index is 1490. The molecule has 1 heterocycles. The van der Waals surface area contributed by atoms with E-state index in [9.17, 15) is 19.1 Å². The van der Waals surface area contributed by atoms with Gasteiger partial charge >= 0.3 is 5.97 Å². The molecule has 6 nitrogen and oxygen atoms in total. The third-order valence-corrected chi connectivity index (χ3v) is 6.67. The summed E-state index contributed by atoms with van der Waals surface area (Å²) in [5.74, 6) is -0.923. The first kappa shape index (κ1) is 25.0. The summed E-state index contributed by atoms with van der Waals surface area (Å²) >= 11 is 0. The van der Waals surface area contributed by atoms with E-state index >= 15 is 0 Å². The molecule has 1 unspecified atom stereocenters. The largest absolute Gasteiger partial charge is 0.490 e. The molecule has 0 aliphatic carbocycles. The molecule has 38 heavy (non-hydrogen) atoms. The summed E-state index contributed by atoms with van der Waals surface area (Å²) in [5.41, 5.74) is 4.92. The lowest BCUT2D eigenvalue weighted by atomic mass is 9.98. The molecule has 2 N–H and O–H groups in total. The number of nitrogens with zero attached hydrogens (tertiary/aromatic N) is 1. The number of hydrogen-bond donors (Lipinski definition) is 2. The van der Waals surface area contributed by atoms with Gasteiger partial charge in [-0.1, -0.05) is 54.6 Å². The average Bonchev–Trinajstić information content (AvgIpc) is 2.93. The van der Waals surface area contributed by atoms with Crippen molar-refractivity contribution in [2.45, 2.75) is 19.5 Å². The molecule has 0 saturated carbocycles. The fraction of sp³-hybridized carbons (Fsp3) is 0.161. The number of benzene rings is 4. The number of fused-ring (bicyclic) bond motifs is 1. The molecule has 0 radical (unpaired) electrons. The molecular weight excluding hydrogens is 483 g/mol. The van der Waals surface area contributed by atoms with E-state index in [4.69, 9.17) is 4.74 Å². The van der Waals surface area contributed by atoms with Crippen LogP contribution in [0.4, 0.5) is 10.1 Å². The van der Waals surface area contributed by atoms with Gasteiger partial charge in [-0.2, -0.15) is 0 Å². The molecule has 0 aromatic heterocycles. The van der Waals surface area contributed by atoms with Crippen molar-refractivity contribution in [3.63, 3.8) is 0 Å². The minimum Gasteiger partial charge on any atom is -0.490 e. The second kappa shape index (κ2) is 10.8. The Hall–Kier alpha value is -4.65. The summed E-state index contributed by atoms with van der Waals surface area (Å²) in [6, 6.07) is 26.1. The van der Waals surface area contributed by atoms with E-state index in [1.54, 1.807) is 36.4 Å². The molecule has 4 aromatic carbocycles. The lowest BCUT2D eigenvalue weighted by Gasteiger charge is -2.31. The smallest absolute Gasteiger partial charge is 0.336 e. The van der Waals surface area contributed by atoms with Crippen LogP contribution in [0, 0.1) is 5.82 Å². The highest BCUT2D eigenvalue weighted by atomic mass is 19.1. The fourth-order valence-corrected chi connectivity index (χ4v) is 4.65. The fourth-order valence-electron chi connectivity index (χ4n) is 4.65. The summed E-state index contributed by atoms with van der Waals surface area (Å²) in [7, 11) is 0. The molecule has 7 heteroatoms. The van der Waals surface area contributed by atoms with Crippen LogP contribution in [0.1, 0.15) is 44.8 Å². The number of ether oxygens (including phenoxy) is 1. The predicted molar refractivity (Wildman–Crippen MR) is 144 cm³/mol. The van der Waals surface area contributed by atoms with Gasteiger partial charge in [0.15, 0.2) is 0 Å². The van der Waals surface area contributed by atoms with Gasteiger partial charge in [-0.15, -0.1) is 0 Å². The summed E-state index contributed by atoms with van der Waals surface area (Å²) < 4.78 is 19.4. The maximum atomic E-state index is 13.6. The Kier molecular flexibility index (Phi) is 7.09. The standard InChI is InChI=1S/C31H27FN2O4/c1-20(23-5-4-6-25(32)17-23)33-30(35)24-13-14-28-29(18-24)38-16-15-34(28)19-21-9-11-22(12-10-21)26-7-2-3-8-27(26)31(36)37/h2-14,17-18,20H,15-16,19H2,1H3,(H,33,35)(H,36,37). The van der Waals surface area contributed by atoms with Crippen molar-refractivity contribution in [1.29, 1.82) is 0 Å². The monoisotopic (exact) mass is 510 g/mol. The Morgan fingerprint density at radius 2 is 1.79 bits per heavy atom. The van der Waals surface area contributed by atoms with Gasteiger partial charge in [0.05, 0.1) is 23.8 Å². The Morgan fingerprint density at radius 3 is 2.55 bits per heavy atom. The summed E-state index contributed by atoms with van der Waals surface area (Å²) in [6.45, 7) is 3.63. The van der Waals surface area contributed by atoms with Gasteiger partial charge in [0, 0.05) is 12.1 Å². The van der Waals surface area contributed by atoms with E-state index in [2.05, 4.69) is 10.2 Å². The van der Waals surface area contributed by atoms with Crippen LogP contribution in [0.3, 0.4) is 0 Å². The SMILES string of the molecule is CC(NC(=O)c1ccc2c(c1)OCCN2Cc1ccc(-c2ccccc2C(=O)O)cc1)c1cccc(F)c1. The van der Waals surface area contributed by atoms with Crippen molar-refractivity contribution in [2.75, 3.05) is 18.1 Å². The molecule has 0 spiro atoms. The summed E-state index contributed by atoms with van der Waals surface area (Å²) in [6.07, 6.45) is 0. The quantitative estimate of drug-likeness (QED) is 0.315. The highest BCUT2D eigenvalue weighted by Gasteiger charge is 2.21. The zero-order valence-corrected chi connectivity index (χ0v) is 20.9. The van der Waals surface area contributed by atoms with Crippen molar-refractivity contribution < 1.29 is 23.8 Å². The highest BCUT2D eigenvalue weighted by Crippen LogP contribution is 2.34. The number of nitrogens with one attached hydrogen (secondary N) is 1. The van der Waals surface area contributed by atoms with Crippen LogP contribution >= 0.6 is 0 Å². The molecular formula is C31H27FN2O4. The minimum absolute atomic E-state index is 0.262. The molecule has 1 aliphatic rings. The zero-order chi connectivity index (χ0) is 26.6. The van der Waals surface area contributed by atoms with Crippen LogP contribution < -0.4 is 15.0 Å². The first-order valence-corrected chi connectivity index (χ1v) is 12.4. The Morgan fingerprint density at radius 1 is 1.00 bits per heavy atom. The second-order valence-electron chi connectivity index (χ2n) is 9.25. The van der Waals surface area contributed by atoms with Crippen LogP contribution in [0.2, 0.25) is 0 Å². The second-order valence-corrected chi connectivity index (χ2v) is 9.25. The molecule has 1 amide bonds. The van der Waals surface area contributed by atoms with Gasteiger partial charge in [0.1, 0.15) is 18.2 Å². The maximum absolute atomic E-state index is 13.6. The highest BCUT2D eigenvalue weighted by molar-refractivity contribution is 5.96. The Labute approximate surface area is 220 Å². The van der Waals surface area contributed by atoms with E-state index in [0.717, 1.165) is 16.8 Å². The van der Waals surface area contributed by atoms with Crippen molar-refractivity contribution in [3.8, 4) is 16.9 Å². The molecule has 0 bridgehead atoms. The minimum atomic E-state index is -0.953. The van der Waals surface area contributed by atoms with Crippen LogP contribution in [-0.2, 0) is 6.54 Å². The normalized spacial score (nSPS) is 13.3. The van der Waals surface area contributed by atoms with Gasteiger partial charge in [0.2, 0.25) is 0 Å². The molecule has 1 atom stereocenters. The number of amides is 1. The molecule has 0 fully saturated rings. The lowest BCUT2D eigenvalue weighted by Crippen LogP contribution is -2.32. The van der Waals surface area contributed by atoms with Crippen LogP contribution in [-0.4, -0.2) is 30.1 Å². The third kappa shape index (κ3) is 5.37. The van der Waals surface area contributed by atoms with Crippen LogP contribution in [0.15, 0.2) is 91.0 Å². The molecule has 192 valence electrons. The molecule has 1 aliphatic heterocycles. The number of carboxylic acid groups (broad SMARTS) is 1. The number of hydrogen-bond acceptors (Lipinski definition) is 4. The van der Waals surface area contributed by atoms with Crippen molar-refractivity contribution in [1.82, 2.24) is 5.32 Å². The van der Waals surface area contributed by atoms with Crippen molar-refractivity contribution in [2.24, 2.45) is 0 Å². The summed E-state index contributed by atoms with van der Waals surface area (Å²) in [5, 5.41) is 12.4. The number of aromatic carboxylic acids is 1. The Balaban J connectivity index is 1.29. The predicted octanol–water partition coefficient (Wildman–Crippen LogP) is 6.08. The van der Waals surface area contributed by atoms with E-state index < -0.39 is 5.97 Å². The molecule has 0 saturated heterocycles. The van der Waals surface area contributed by atoms with E-state index in [1.807, 2.05) is 49.4 Å². The van der Waals surface area contributed by atoms with Gasteiger partial charge in [-0.3, -0.25) is 4.79 Å². The molecule has 4 aromatic rings. The maximum Gasteiger partial charge on any atom is 0.336 e. The van der Waals surface area contributed by atoms with Gasteiger partial charge in [-0.05, 0) is 65.6 Å². The number of carbonyl (C=O) groups is 2.